The molecule has 4 rings (SSSR count). The zero-order chi connectivity index (χ0) is 20.8. The van der Waals surface area contributed by atoms with Crippen LogP contribution in [-0.2, 0) is 6.54 Å². The molecular formula is C22H26N4O3S. The Labute approximate surface area is 181 Å². The average molecular weight is 427 g/mol. The minimum Gasteiger partial charge on any atom is -0.493 e. The molecule has 0 atom stereocenters. The van der Waals surface area contributed by atoms with Crippen LogP contribution in [-0.4, -0.2) is 55.3 Å². The third-order valence-corrected chi connectivity index (χ3v) is 5.81. The van der Waals surface area contributed by atoms with E-state index in [0.717, 1.165) is 55.0 Å². The van der Waals surface area contributed by atoms with Gasteiger partial charge in [0.25, 0.3) is 0 Å². The highest BCUT2D eigenvalue weighted by atomic mass is 32.2. The molecular weight excluding hydrogens is 400 g/mol. The number of nitrogens with one attached hydrogen (secondary N) is 1. The van der Waals surface area contributed by atoms with Crippen LogP contribution in [0.2, 0.25) is 0 Å². The van der Waals surface area contributed by atoms with Crippen molar-refractivity contribution in [1.82, 2.24) is 14.9 Å². The molecule has 3 aromatic rings. The van der Waals surface area contributed by atoms with Crippen LogP contribution < -0.4 is 18.6 Å². The lowest BCUT2D eigenvalue weighted by Crippen LogP contribution is -2.45. The smallest absolute Gasteiger partial charge is 0.161 e. The van der Waals surface area contributed by atoms with Gasteiger partial charge >= 0.3 is 0 Å². The third kappa shape index (κ3) is 5.01. The maximum Gasteiger partial charge on any atom is 0.161 e. The summed E-state index contributed by atoms with van der Waals surface area (Å²) in [6.45, 7) is 4.93. The first-order chi connectivity index (χ1) is 14.7. The summed E-state index contributed by atoms with van der Waals surface area (Å²) in [5.74, 6) is 2.37. The van der Waals surface area contributed by atoms with Crippen molar-refractivity contribution in [1.29, 1.82) is 0 Å². The number of benzene rings is 2. The monoisotopic (exact) mass is 426 g/mol. The molecule has 1 fully saturated rings. The number of imidazole rings is 1. The minimum absolute atomic E-state index is 0.765. The molecule has 2 aromatic carbocycles. The summed E-state index contributed by atoms with van der Waals surface area (Å²) in [5.41, 5.74) is 2.46. The van der Waals surface area contributed by atoms with E-state index in [2.05, 4.69) is 44.0 Å². The second kappa shape index (κ2) is 9.77. The van der Waals surface area contributed by atoms with E-state index in [4.69, 9.17) is 13.7 Å². The fourth-order valence-electron chi connectivity index (χ4n) is 3.50. The van der Waals surface area contributed by atoms with Crippen LogP contribution in [0, 0.1) is 0 Å². The molecule has 1 saturated heterocycles. The number of methoxy groups -OCH3 is 2. The lowest BCUT2D eigenvalue weighted by atomic mass is 10.1. The Morgan fingerprint density at radius 3 is 2.40 bits per heavy atom. The number of rotatable bonds is 8. The Hall–Kier alpha value is -2.84. The Kier molecular flexibility index (Phi) is 6.66. The molecule has 2 heterocycles. The Balaban J connectivity index is 1.28. The van der Waals surface area contributed by atoms with Gasteiger partial charge in [-0.1, -0.05) is 6.07 Å². The molecule has 8 heteroatoms. The van der Waals surface area contributed by atoms with Crippen LogP contribution in [0.4, 0.5) is 5.69 Å². The lowest BCUT2D eigenvalue weighted by Gasteiger charge is -2.36. The van der Waals surface area contributed by atoms with E-state index in [0.29, 0.717) is 0 Å². The van der Waals surface area contributed by atoms with Gasteiger partial charge in [-0.25, -0.2) is 4.98 Å². The normalized spacial score (nSPS) is 14.5. The molecule has 0 spiro atoms. The molecule has 1 aromatic heterocycles. The first-order valence-corrected chi connectivity index (χ1v) is 10.6. The van der Waals surface area contributed by atoms with E-state index in [9.17, 15) is 0 Å². The number of aromatic nitrogens is 2. The lowest BCUT2D eigenvalue weighted by molar-refractivity contribution is 0.249. The van der Waals surface area contributed by atoms with Crippen molar-refractivity contribution in [3.8, 4) is 17.2 Å². The number of ether oxygens (including phenoxy) is 2. The Morgan fingerprint density at radius 2 is 1.73 bits per heavy atom. The standard InChI is InChI=1S/C22H26N4O3S/c1-27-20-8-3-17(13-21(20)28-2)15-25-9-11-26(12-10-25)18-4-6-19(7-5-18)29-30-22-14-23-16-24-22/h3-8,13-14,16H,9-12,15H2,1-2H3,(H,23,24). The number of aromatic amines is 1. The van der Waals surface area contributed by atoms with Gasteiger partial charge in [-0.15, -0.1) is 0 Å². The molecule has 158 valence electrons. The summed E-state index contributed by atoms with van der Waals surface area (Å²) in [6, 6.07) is 14.4. The van der Waals surface area contributed by atoms with Gasteiger partial charge in [-0.2, -0.15) is 0 Å². The number of anilines is 1. The summed E-state index contributed by atoms with van der Waals surface area (Å²) >= 11 is 1.27. The van der Waals surface area contributed by atoms with E-state index in [1.165, 1.54) is 23.3 Å². The molecule has 1 N–H and O–H groups in total. The summed E-state index contributed by atoms with van der Waals surface area (Å²) in [5, 5.41) is 0.879. The fourth-order valence-corrected chi connectivity index (χ4v) is 4.00. The van der Waals surface area contributed by atoms with Crippen LogP contribution in [0.5, 0.6) is 17.2 Å². The highest BCUT2D eigenvalue weighted by Crippen LogP contribution is 2.29. The molecule has 1 aliphatic rings. The topological polar surface area (TPSA) is 62.8 Å². The summed E-state index contributed by atoms with van der Waals surface area (Å²) in [6.07, 6.45) is 3.38. The molecule has 0 unspecified atom stereocenters. The van der Waals surface area contributed by atoms with Gasteiger partial charge in [0.15, 0.2) is 11.5 Å². The average Bonchev–Trinajstić information content (AvgIpc) is 3.32. The first kappa shape index (κ1) is 20.4. The quantitative estimate of drug-likeness (QED) is 0.549. The molecule has 7 nitrogen and oxygen atoms in total. The molecule has 0 radical (unpaired) electrons. The SMILES string of the molecule is COc1ccc(CN2CCN(c3ccc(OSc4cnc[nH]4)cc3)CC2)cc1OC. The van der Waals surface area contributed by atoms with Crippen molar-refractivity contribution in [2.24, 2.45) is 0 Å². The van der Waals surface area contributed by atoms with Gasteiger partial charge in [0.1, 0.15) is 22.8 Å². The summed E-state index contributed by atoms with van der Waals surface area (Å²) < 4.78 is 16.5. The van der Waals surface area contributed by atoms with Crippen LogP contribution in [0.15, 0.2) is 60.0 Å². The molecule has 1 aliphatic heterocycles. The van der Waals surface area contributed by atoms with Crippen molar-refractivity contribution >= 4 is 17.7 Å². The van der Waals surface area contributed by atoms with E-state index >= 15 is 0 Å². The molecule has 30 heavy (non-hydrogen) atoms. The number of hydrogen-bond acceptors (Lipinski definition) is 7. The van der Waals surface area contributed by atoms with Crippen molar-refractivity contribution in [2.75, 3.05) is 45.3 Å². The number of H-pyrrole nitrogens is 1. The maximum absolute atomic E-state index is 5.71. The molecule has 0 aliphatic carbocycles. The Morgan fingerprint density at radius 1 is 0.967 bits per heavy atom. The van der Waals surface area contributed by atoms with Gasteiger partial charge in [-0.3, -0.25) is 4.90 Å². The molecule has 0 bridgehead atoms. The third-order valence-electron chi connectivity index (χ3n) is 5.13. The van der Waals surface area contributed by atoms with E-state index in [1.807, 2.05) is 18.2 Å². The highest BCUT2D eigenvalue weighted by Gasteiger charge is 2.18. The zero-order valence-corrected chi connectivity index (χ0v) is 18.0. The van der Waals surface area contributed by atoms with Gasteiger partial charge < -0.3 is 23.5 Å². The summed E-state index contributed by atoms with van der Waals surface area (Å²) in [4.78, 5) is 11.9. The summed E-state index contributed by atoms with van der Waals surface area (Å²) in [7, 11) is 3.33. The largest absolute Gasteiger partial charge is 0.493 e. The maximum atomic E-state index is 5.71. The fraction of sp³-hybridized carbons (Fsp3) is 0.318. The predicted octanol–water partition coefficient (Wildman–Crippen LogP) is 3.84. The van der Waals surface area contributed by atoms with Crippen molar-refractivity contribution in [3.05, 3.63) is 60.6 Å². The molecule has 0 amide bonds. The van der Waals surface area contributed by atoms with Crippen molar-refractivity contribution < 1.29 is 13.7 Å². The predicted molar refractivity (Wildman–Crippen MR) is 119 cm³/mol. The van der Waals surface area contributed by atoms with Gasteiger partial charge in [0, 0.05) is 38.4 Å². The second-order valence-corrected chi connectivity index (χ2v) is 7.80. The van der Waals surface area contributed by atoms with Gasteiger partial charge in [0.05, 0.1) is 26.7 Å². The van der Waals surface area contributed by atoms with Crippen molar-refractivity contribution in [2.45, 2.75) is 11.6 Å². The van der Waals surface area contributed by atoms with Crippen LogP contribution in [0.1, 0.15) is 5.56 Å². The van der Waals surface area contributed by atoms with Crippen LogP contribution in [0.25, 0.3) is 0 Å². The van der Waals surface area contributed by atoms with E-state index in [1.54, 1.807) is 26.7 Å². The van der Waals surface area contributed by atoms with Gasteiger partial charge in [0.2, 0.25) is 0 Å². The minimum atomic E-state index is 0.765. The number of piperazine rings is 1. The van der Waals surface area contributed by atoms with Crippen molar-refractivity contribution in [3.63, 3.8) is 0 Å². The van der Waals surface area contributed by atoms with Crippen LogP contribution in [0.3, 0.4) is 0 Å². The first-order valence-electron chi connectivity index (χ1n) is 9.86. The van der Waals surface area contributed by atoms with Gasteiger partial charge in [-0.05, 0) is 42.0 Å². The number of nitrogens with zero attached hydrogens (tertiary/aromatic N) is 3. The second-order valence-electron chi connectivity index (χ2n) is 7.03. The zero-order valence-electron chi connectivity index (χ0n) is 17.2. The van der Waals surface area contributed by atoms with Crippen LogP contribution >= 0.6 is 12.0 Å². The number of hydrogen-bond donors (Lipinski definition) is 1. The highest BCUT2D eigenvalue weighted by molar-refractivity contribution is 7.95. The van der Waals surface area contributed by atoms with E-state index < -0.39 is 0 Å². The van der Waals surface area contributed by atoms with E-state index in [-0.39, 0.29) is 0 Å². The molecule has 0 saturated carbocycles. The Bertz CT molecular complexity index is 926.